The molecule has 3 heteroatoms. The molecule has 2 aromatic carbocycles. The zero-order chi connectivity index (χ0) is 13.7. The van der Waals surface area contributed by atoms with Gasteiger partial charge in [-0.25, -0.2) is 0 Å². The van der Waals surface area contributed by atoms with E-state index < -0.39 is 6.10 Å². The minimum atomic E-state index is -0.401. The predicted octanol–water partition coefficient (Wildman–Crippen LogP) is 4.36. The maximum absolute atomic E-state index is 9.70. The van der Waals surface area contributed by atoms with Gasteiger partial charge in [0, 0.05) is 5.02 Å². The molecule has 0 spiro atoms. The van der Waals surface area contributed by atoms with Gasteiger partial charge in [-0.05, 0) is 41.8 Å². The summed E-state index contributed by atoms with van der Waals surface area (Å²) in [5.74, 6) is 0.784. The molecule has 1 N–H and O–H groups in total. The van der Waals surface area contributed by atoms with Crippen LogP contribution in [0.25, 0.3) is 0 Å². The predicted molar refractivity (Wildman–Crippen MR) is 77.5 cm³/mol. The first-order valence-electron chi connectivity index (χ1n) is 6.34. The summed E-state index contributed by atoms with van der Waals surface area (Å²) in [4.78, 5) is 0. The van der Waals surface area contributed by atoms with E-state index in [1.165, 1.54) is 0 Å². The summed E-state index contributed by atoms with van der Waals surface area (Å²) in [6.45, 7) is 2.43. The molecule has 1 atom stereocenters. The summed E-state index contributed by atoms with van der Waals surface area (Å²) >= 11 is 5.91. The van der Waals surface area contributed by atoms with Crippen LogP contribution in [-0.2, 0) is 6.61 Å². The highest BCUT2D eigenvalue weighted by Gasteiger charge is 2.04. The second-order valence-electron chi connectivity index (χ2n) is 4.41. The standard InChI is InChI=1S/C16H17ClO2/c1-2-16(18)13-6-8-15(9-7-13)19-11-12-4-3-5-14(17)10-12/h3-10,16,18H,2,11H2,1H3/t16-/m0/s1. The summed E-state index contributed by atoms with van der Waals surface area (Å²) in [5, 5.41) is 10.4. The van der Waals surface area contributed by atoms with E-state index in [0.29, 0.717) is 18.1 Å². The van der Waals surface area contributed by atoms with Crippen LogP contribution in [0.15, 0.2) is 48.5 Å². The highest BCUT2D eigenvalue weighted by atomic mass is 35.5. The van der Waals surface area contributed by atoms with Crippen molar-refractivity contribution in [3.05, 3.63) is 64.7 Å². The van der Waals surface area contributed by atoms with Gasteiger partial charge in [0.25, 0.3) is 0 Å². The van der Waals surface area contributed by atoms with Gasteiger partial charge >= 0.3 is 0 Å². The second-order valence-corrected chi connectivity index (χ2v) is 4.85. The van der Waals surface area contributed by atoms with Gasteiger partial charge in [0.1, 0.15) is 12.4 Å². The SMILES string of the molecule is CC[C@H](O)c1ccc(OCc2cccc(Cl)c2)cc1. The van der Waals surface area contributed by atoms with Gasteiger partial charge in [0.05, 0.1) is 6.10 Å². The van der Waals surface area contributed by atoms with E-state index in [9.17, 15) is 5.11 Å². The highest BCUT2D eigenvalue weighted by Crippen LogP contribution is 2.21. The van der Waals surface area contributed by atoms with E-state index in [0.717, 1.165) is 16.9 Å². The van der Waals surface area contributed by atoms with Crippen molar-refractivity contribution in [1.29, 1.82) is 0 Å². The number of rotatable bonds is 5. The fourth-order valence-electron chi connectivity index (χ4n) is 1.82. The van der Waals surface area contributed by atoms with E-state index in [4.69, 9.17) is 16.3 Å². The zero-order valence-corrected chi connectivity index (χ0v) is 11.6. The molecule has 2 nitrogen and oxygen atoms in total. The lowest BCUT2D eigenvalue weighted by molar-refractivity contribution is 0.173. The van der Waals surface area contributed by atoms with Crippen molar-refractivity contribution in [2.24, 2.45) is 0 Å². The molecule has 0 aliphatic carbocycles. The molecule has 0 unspecified atom stereocenters. The van der Waals surface area contributed by atoms with E-state index >= 15 is 0 Å². The Bertz CT molecular complexity index is 523. The van der Waals surface area contributed by atoms with Crippen LogP contribution in [-0.4, -0.2) is 5.11 Å². The maximum atomic E-state index is 9.70. The number of aliphatic hydroxyl groups is 1. The van der Waals surface area contributed by atoms with Crippen LogP contribution < -0.4 is 4.74 Å². The van der Waals surface area contributed by atoms with Crippen LogP contribution >= 0.6 is 11.6 Å². The summed E-state index contributed by atoms with van der Waals surface area (Å²) in [6.07, 6.45) is 0.310. The van der Waals surface area contributed by atoms with Crippen LogP contribution in [0, 0.1) is 0 Å². The van der Waals surface area contributed by atoms with Crippen molar-refractivity contribution in [2.45, 2.75) is 26.1 Å². The molecule has 0 saturated heterocycles. The first-order valence-corrected chi connectivity index (χ1v) is 6.72. The molecule has 0 amide bonds. The van der Waals surface area contributed by atoms with E-state index in [1.54, 1.807) is 0 Å². The third kappa shape index (κ3) is 3.98. The maximum Gasteiger partial charge on any atom is 0.119 e. The van der Waals surface area contributed by atoms with Crippen LogP contribution in [0.2, 0.25) is 5.02 Å². The molecule has 0 aromatic heterocycles. The van der Waals surface area contributed by atoms with Crippen molar-refractivity contribution in [1.82, 2.24) is 0 Å². The van der Waals surface area contributed by atoms with Crippen LogP contribution in [0.3, 0.4) is 0 Å². The summed E-state index contributed by atoms with van der Waals surface area (Å²) < 4.78 is 5.68. The molecule has 0 fully saturated rings. The highest BCUT2D eigenvalue weighted by molar-refractivity contribution is 6.30. The quantitative estimate of drug-likeness (QED) is 0.879. The van der Waals surface area contributed by atoms with Crippen LogP contribution in [0.4, 0.5) is 0 Å². The molecule has 0 saturated carbocycles. The van der Waals surface area contributed by atoms with Gasteiger partial charge in [-0.1, -0.05) is 42.8 Å². The first-order chi connectivity index (χ1) is 9.19. The van der Waals surface area contributed by atoms with Gasteiger partial charge in [0.15, 0.2) is 0 Å². The van der Waals surface area contributed by atoms with Gasteiger partial charge < -0.3 is 9.84 Å². The number of hydrogen-bond acceptors (Lipinski definition) is 2. The Kier molecular flexibility index (Phi) is 4.83. The van der Waals surface area contributed by atoms with Crippen molar-refractivity contribution >= 4 is 11.6 Å². The molecular weight excluding hydrogens is 260 g/mol. The molecule has 0 radical (unpaired) electrons. The molecule has 19 heavy (non-hydrogen) atoms. The molecule has 2 rings (SSSR count). The summed E-state index contributed by atoms with van der Waals surface area (Å²) in [6, 6.07) is 15.1. The van der Waals surface area contributed by atoms with Crippen LogP contribution in [0.5, 0.6) is 5.75 Å². The number of halogens is 1. The third-order valence-corrected chi connectivity index (χ3v) is 3.18. The number of ether oxygens (including phenoxy) is 1. The van der Waals surface area contributed by atoms with Gasteiger partial charge in [-0.3, -0.25) is 0 Å². The lowest BCUT2D eigenvalue weighted by atomic mass is 10.1. The molecule has 100 valence electrons. The average Bonchev–Trinajstić information content (AvgIpc) is 2.45. The zero-order valence-electron chi connectivity index (χ0n) is 10.8. The molecule has 2 aromatic rings. The van der Waals surface area contributed by atoms with Crippen molar-refractivity contribution in [3.8, 4) is 5.75 Å². The lowest BCUT2D eigenvalue weighted by Gasteiger charge is -2.10. The van der Waals surface area contributed by atoms with E-state index in [2.05, 4.69) is 0 Å². The molecule has 0 bridgehead atoms. The Balaban J connectivity index is 1.96. The fraction of sp³-hybridized carbons (Fsp3) is 0.250. The smallest absolute Gasteiger partial charge is 0.119 e. The van der Waals surface area contributed by atoms with E-state index in [1.807, 2.05) is 55.5 Å². The topological polar surface area (TPSA) is 29.5 Å². The Labute approximate surface area is 118 Å². The Morgan fingerprint density at radius 3 is 2.53 bits per heavy atom. The van der Waals surface area contributed by atoms with Crippen molar-refractivity contribution in [3.63, 3.8) is 0 Å². The second kappa shape index (κ2) is 6.60. The van der Waals surface area contributed by atoms with Crippen LogP contribution in [0.1, 0.15) is 30.6 Å². The Morgan fingerprint density at radius 2 is 1.89 bits per heavy atom. The number of aliphatic hydroxyl groups excluding tert-OH is 1. The molecule has 0 aliphatic rings. The van der Waals surface area contributed by atoms with Gasteiger partial charge in [-0.15, -0.1) is 0 Å². The molecule has 0 aliphatic heterocycles. The monoisotopic (exact) mass is 276 g/mol. The fourth-order valence-corrected chi connectivity index (χ4v) is 2.03. The first kappa shape index (κ1) is 13.9. The number of hydrogen-bond donors (Lipinski definition) is 1. The average molecular weight is 277 g/mol. The third-order valence-electron chi connectivity index (χ3n) is 2.95. The molecular formula is C16H17ClO2. The van der Waals surface area contributed by atoms with E-state index in [-0.39, 0.29) is 0 Å². The van der Waals surface area contributed by atoms with Crippen molar-refractivity contribution in [2.75, 3.05) is 0 Å². The minimum Gasteiger partial charge on any atom is -0.489 e. The Morgan fingerprint density at radius 1 is 1.16 bits per heavy atom. The largest absolute Gasteiger partial charge is 0.489 e. The molecule has 0 heterocycles. The Hall–Kier alpha value is -1.51. The van der Waals surface area contributed by atoms with Crippen molar-refractivity contribution < 1.29 is 9.84 Å². The normalized spacial score (nSPS) is 12.2. The summed E-state index contributed by atoms with van der Waals surface area (Å²) in [7, 11) is 0. The summed E-state index contributed by atoms with van der Waals surface area (Å²) in [5.41, 5.74) is 1.95. The van der Waals surface area contributed by atoms with Gasteiger partial charge in [-0.2, -0.15) is 0 Å². The van der Waals surface area contributed by atoms with Gasteiger partial charge in [0.2, 0.25) is 0 Å². The lowest BCUT2D eigenvalue weighted by Crippen LogP contribution is -1.97. The minimum absolute atomic E-state index is 0.401. The number of benzene rings is 2.